The Balaban J connectivity index is 2.58. The Kier molecular flexibility index (Phi) is 3.68. The summed E-state index contributed by atoms with van der Waals surface area (Å²) >= 11 is 0. The van der Waals surface area contributed by atoms with E-state index >= 15 is 0 Å². The molecule has 0 aliphatic carbocycles. The summed E-state index contributed by atoms with van der Waals surface area (Å²) in [6, 6.07) is 12.4. The van der Waals surface area contributed by atoms with Gasteiger partial charge in [-0.1, -0.05) is 30.3 Å². The number of methoxy groups -OCH3 is 1. The van der Waals surface area contributed by atoms with Crippen molar-refractivity contribution in [3.8, 4) is 16.9 Å². The largest absolute Gasteiger partial charge is 0.496 e. The third kappa shape index (κ3) is 2.24. The van der Waals surface area contributed by atoms with Crippen LogP contribution in [0.4, 0.5) is 0 Å². The second kappa shape index (κ2) is 5.23. The number of hydrogen-bond donors (Lipinski definition) is 1. The monoisotopic (exact) mass is 241 g/mol. The maximum Gasteiger partial charge on any atom is 0.126 e. The summed E-state index contributed by atoms with van der Waals surface area (Å²) in [6.07, 6.45) is 0. The Bertz CT molecular complexity index is 538. The van der Waals surface area contributed by atoms with Crippen LogP contribution in [0.15, 0.2) is 36.4 Å². The van der Waals surface area contributed by atoms with Crippen molar-refractivity contribution in [2.45, 2.75) is 20.4 Å². The first-order chi connectivity index (χ1) is 8.67. The number of para-hydroxylation sites is 1. The van der Waals surface area contributed by atoms with Crippen molar-refractivity contribution in [1.82, 2.24) is 0 Å². The van der Waals surface area contributed by atoms with Gasteiger partial charge in [0.15, 0.2) is 0 Å². The quantitative estimate of drug-likeness (QED) is 0.893. The minimum Gasteiger partial charge on any atom is -0.496 e. The Labute approximate surface area is 108 Å². The number of rotatable bonds is 3. The molecule has 2 rings (SSSR count). The van der Waals surface area contributed by atoms with Crippen molar-refractivity contribution in [2.24, 2.45) is 5.73 Å². The Morgan fingerprint density at radius 2 is 1.67 bits per heavy atom. The van der Waals surface area contributed by atoms with E-state index in [0.29, 0.717) is 6.54 Å². The molecule has 0 unspecified atom stereocenters. The van der Waals surface area contributed by atoms with Crippen molar-refractivity contribution >= 4 is 0 Å². The standard InChI is InChI=1S/C16H19NO/c1-11-8-13(9-12(2)15(11)10-17)14-6-4-5-7-16(14)18-3/h4-9H,10,17H2,1-3H3. The molecule has 0 aliphatic rings. The molecule has 0 heterocycles. The van der Waals surface area contributed by atoms with Crippen LogP contribution in [0, 0.1) is 13.8 Å². The molecule has 0 radical (unpaired) electrons. The number of benzene rings is 2. The summed E-state index contributed by atoms with van der Waals surface area (Å²) in [5.74, 6) is 0.900. The third-order valence-electron chi connectivity index (χ3n) is 3.32. The van der Waals surface area contributed by atoms with E-state index < -0.39 is 0 Å². The van der Waals surface area contributed by atoms with Gasteiger partial charge >= 0.3 is 0 Å². The Morgan fingerprint density at radius 3 is 2.22 bits per heavy atom. The van der Waals surface area contributed by atoms with E-state index in [9.17, 15) is 0 Å². The first-order valence-corrected chi connectivity index (χ1v) is 6.11. The van der Waals surface area contributed by atoms with Crippen LogP contribution in [0.5, 0.6) is 5.75 Å². The molecule has 0 fully saturated rings. The first kappa shape index (κ1) is 12.7. The van der Waals surface area contributed by atoms with E-state index in [2.05, 4.69) is 32.0 Å². The molecule has 0 bridgehead atoms. The Hall–Kier alpha value is -1.80. The highest BCUT2D eigenvalue weighted by atomic mass is 16.5. The van der Waals surface area contributed by atoms with Crippen molar-refractivity contribution in [3.63, 3.8) is 0 Å². The molecule has 0 saturated carbocycles. The van der Waals surface area contributed by atoms with Gasteiger partial charge in [0.05, 0.1) is 7.11 Å². The van der Waals surface area contributed by atoms with E-state index in [1.54, 1.807) is 7.11 Å². The maximum absolute atomic E-state index is 5.77. The second-order valence-electron chi connectivity index (χ2n) is 4.49. The summed E-state index contributed by atoms with van der Waals surface area (Å²) in [7, 11) is 1.70. The van der Waals surface area contributed by atoms with Crippen molar-refractivity contribution < 1.29 is 4.74 Å². The number of ether oxygens (including phenoxy) is 1. The highest BCUT2D eigenvalue weighted by molar-refractivity contribution is 5.72. The lowest BCUT2D eigenvalue weighted by molar-refractivity contribution is 0.416. The van der Waals surface area contributed by atoms with Gasteiger partial charge in [-0.25, -0.2) is 0 Å². The highest BCUT2D eigenvalue weighted by Gasteiger charge is 2.08. The van der Waals surface area contributed by atoms with Crippen LogP contribution >= 0.6 is 0 Å². The van der Waals surface area contributed by atoms with Gasteiger partial charge < -0.3 is 10.5 Å². The van der Waals surface area contributed by atoms with Crippen LogP contribution in [0.1, 0.15) is 16.7 Å². The van der Waals surface area contributed by atoms with Crippen molar-refractivity contribution in [1.29, 1.82) is 0 Å². The molecule has 2 nitrogen and oxygen atoms in total. The topological polar surface area (TPSA) is 35.2 Å². The molecule has 0 aromatic heterocycles. The molecule has 0 saturated heterocycles. The minimum atomic E-state index is 0.587. The lowest BCUT2D eigenvalue weighted by Gasteiger charge is -2.13. The van der Waals surface area contributed by atoms with Crippen molar-refractivity contribution in [3.05, 3.63) is 53.1 Å². The molecule has 0 amide bonds. The Morgan fingerprint density at radius 1 is 1.06 bits per heavy atom. The fourth-order valence-electron chi connectivity index (χ4n) is 2.35. The fourth-order valence-corrected chi connectivity index (χ4v) is 2.35. The SMILES string of the molecule is COc1ccccc1-c1cc(C)c(CN)c(C)c1. The summed E-state index contributed by atoms with van der Waals surface area (Å²) < 4.78 is 5.41. The molecule has 2 N–H and O–H groups in total. The fraction of sp³-hybridized carbons (Fsp3) is 0.250. The van der Waals surface area contributed by atoms with Crippen molar-refractivity contribution in [2.75, 3.05) is 7.11 Å². The zero-order valence-electron chi connectivity index (χ0n) is 11.2. The smallest absolute Gasteiger partial charge is 0.126 e. The molecular formula is C16H19NO. The first-order valence-electron chi connectivity index (χ1n) is 6.11. The number of hydrogen-bond acceptors (Lipinski definition) is 2. The van der Waals surface area contributed by atoms with Crippen LogP contribution in [0.3, 0.4) is 0 Å². The van der Waals surface area contributed by atoms with Crippen LogP contribution in [-0.2, 0) is 6.54 Å². The number of aryl methyl sites for hydroxylation is 2. The van der Waals surface area contributed by atoms with Crippen LogP contribution in [-0.4, -0.2) is 7.11 Å². The zero-order chi connectivity index (χ0) is 13.1. The summed E-state index contributed by atoms with van der Waals surface area (Å²) in [6.45, 7) is 4.80. The summed E-state index contributed by atoms with van der Waals surface area (Å²) in [4.78, 5) is 0. The summed E-state index contributed by atoms with van der Waals surface area (Å²) in [5.41, 5.74) is 11.8. The molecule has 2 aromatic rings. The molecule has 0 aliphatic heterocycles. The van der Waals surface area contributed by atoms with E-state index in [4.69, 9.17) is 10.5 Å². The molecule has 2 heteroatoms. The summed E-state index contributed by atoms with van der Waals surface area (Å²) in [5, 5.41) is 0. The second-order valence-corrected chi connectivity index (χ2v) is 4.49. The maximum atomic E-state index is 5.77. The van der Waals surface area contributed by atoms with Gasteiger partial charge in [-0.3, -0.25) is 0 Å². The van der Waals surface area contributed by atoms with Crippen LogP contribution in [0.2, 0.25) is 0 Å². The van der Waals surface area contributed by atoms with Gasteiger partial charge in [-0.15, -0.1) is 0 Å². The van der Waals surface area contributed by atoms with Gasteiger partial charge in [0, 0.05) is 12.1 Å². The lowest BCUT2D eigenvalue weighted by Crippen LogP contribution is -2.02. The normalized spacial score (nSPS) is 10.4. The molecular weight excluding hydrogens is 222 g/mol. The van der Waals surface area contributed by atoms with Crippen LogP contribution in [0.25, 0.3) is 11.1 Å². The van der Waals surface area contributed by atoms with E-state index in [0.717, 1.165) is 11.3 Å². The van der Waals surface area contributed by atoms with E-state index in [1.165, 1.54) is 22.3 Å². The minimum absolute atomic E-state index is 0.587. The lowest BCUT2D eigenvalue weighted by atomic mass is 9.95. The van der Waals surface area contributed by atoms with Crippen LogP contribution < -0.4 is 10.5 Å². The highest BCUT2D eigenvalue weighted by Crippen LogP contribution is 2.32. The molecule has 94 valence electrons. The van der Waals surface area contributed by atoms with Gasteiger partial charge in [0.1, 0.15) is 5.75 Å². The average Bonchev–Trinajstić information content (AvgIpc) is 2.38. The van der Waals surface area contributed by atoms with E-state index in [-0.39, 0.29) is 0 Å². The molecule has 2 aromatic carbocycles. The molecule has 0 atom stereocenters. The predicted octanol–water partition coefficient (Wildman–Crippen LogP) is 3.44. The van der Waals surface area contributed by atoms with Gasteiger partial charge in [0.2, 0.25) is 0 Å². The van der Waals surface area contributed by atoms with Gasteiger partial charge in [-0.2, -0.15) is 0 Å². The number of nitrogens with two attached hydrogens (primary N) is 1. The third-order valence-corrected chi connectivity index (χ3v) is 3.32. The van der Waals surface area contributed by atoms with Gasteiger partial charge in [-0.05, 0) is 42.2 Å². The predicted molar refractivity (Wildman–Crippen MR) is 75.8 cm³/mol. The molecule has 0 spiro atoms. The zero-order valence-corrected chi connectivity index (χ0v) is 11.2. The van der Waals surface area contributed by atoms with E-state index in [1.807, 2.05) is 18.2 Å². The molecule has 18 heavy (non-hydrogen) atoms. The van der Waals surface area contributed by atoms with Gasteiger partial charge in [0.25, 0.3) is 0 Å². The average molecular weight is 241 g/mol.